The van der Waals surface area contributed by atoms with Gasteiger partial charge in [0.05, 0.1) is 0 Å². The molecule has 27 heavy (non-hydrogen) atoms. The quantitative estimate of drug-likeness (QED) is 0.682. The van der Waals surface area contributed by atoms with E-state index in [0.717, 1.165) is 49.9 Å². The summed E-state index contributed by atoms with van der Waals surface area (Å²) in [7, 11) is 1.90. The average Bonchev–Trinajstić information content (AvgIpc) is 3.16. The Morgan fingerprint density at radius 1 is 1.15 bits per heavy atom. The standard InChI is InChI=1S/C23H26N2O2/c1-24(23(26)22-16-19-10-5-6-12-21(19)27-22)20-11-7-14-25(17-20)15-13-18-8-3-2-4-9-18/h2-6,8-10,12,16,20H,7,11,13-15,17H2,1H3/t20-/m0/s1. The van der Waals surface area contributed by atoms with Gasteiger partial charge < -0.3 is 14.2 Å². The number of carbonyl (C=O) groups excluding carboxylic acids is 1. The SMILES string of the molecule is CN(C(=O)c1cc2ccccc2o1)[C@H]1CCCN(CCc2ccccc2)C1. The van der Waals surface area contributed by atoms with Crippen LogP contribution in [0.15, 0.2) is 65.1 Å². The van der Waals surface area contributed by atoms with Crippen LogP contribution < -0.4 is 0 Å². The fraction of sp³-hybridized carbons (Fsp3) is 0.348. The van der Waals surface area contributed by atoms with E-state index in [4.69, 9.17) is 4.42 Å². The number of furan rings is 1. The van der Waals surface area contributed by atoms with Crippen molar-refractivity contribution >= 4 is 16.9 Å². The highest BCUT2D eigenvalue weighted by Gasteiger charge is 2.28. The van der Waals surface area contributed by atoms with Crippen LogP contribution in [0, 0.1) is 0 Å². The highest BCUT2D eigenvalue weighted by molar-refractivity contribution is 5.96. The predicted octanol–water partition coefficient (Wildman–Crippen LogP) is 4.21. The number of hydrogen-bond donors (Lipinski definition) is 0. The minimum atomic E-state index is -0.0268. The van der Waals surface area contributed by atoms with Crippen LogP contribution in [0.3, 0.4) is 0 Å². The Balaban J connectivity index is 1.38. The molecule has 140 valence electrons. The molecule has 1 aromatic heterocycles. The molecule has 1 saturated heterocycles. The Bertz CT molecular complexity index is 870. The summed E-state index contributed by atoms with van der Waals surface area (Å²) in [6, 6.07) is 20.4. The minimum absolute atomic E-state index is 0.0268. The molecule has 0 saturated carbocycles. The van der Waals surface area contributed by atoms with Crippen molar-refractivity contribution in [1.82, 2.24) is 9.80 Å². The molecule has 1 amide bonds. The van der Waals surface area contributed by atoms with Gasteiger partial charge in [0.25, 0.3) is 5.91 Å². The molecular formula is C23H26N2O2. The number of fused-ring (bicyclic) bond motifs is 1. The van der Waals surface area contributed by atoms with Crippen LogP contribution in [0.1, 0.15) is 29.0 Å². The number of likely N-dealkylation sites (tertiary alicyclic amines) is 1. The van der Waals surface area contributed by atoms with E-state index in [1.54, 1.807) is 0 Å². The lowest BCUT2D eigenvalue weighted by molar-refractivity contribution is 0.0591. The van der Waals surface area contributed by atoms with Crippen LogP contribution in [0.4, 0.5) is 0 Å². The molecule has 2 aromatic carbocycles. The number of benzene rings is 2. The van der Waals surface area contributed by atoms with Gasteiger partial charge in [-0.15, -0.1) is 0 Å². The maximum atomic E-state index is 12.9. The van der Waals surface area contributed by atoms with Crippen molar-refractivity contribution < 1.29 is 9.21 Å². The summed E-state index contributed by atoms with van der Waals surface area (Å²) >= 11 is 0. The molecule has 0 bridgehead atoms. The summed E-state index contributed by atoms with van der Waals surface area (Å²) in [5.41, 5.74) is 2.13. The third-order valence-electron chi connectivity index (χ3n) is 5.54. The van der Waals surface area contributed by atoms with Gasteiger partial charge in [-0.25, -0.2) is 0 Å². The van der Waals surface area contributed by atoms with Crippen molar-refractivity contribution in [3.63, 3.8) is 0 Å². The molecule has 4 nitrogen and oxygen atoms in total. The van der Waals surface area contributed by atoms with Crippen LogP contribution >= 0.6 is 0 Å². The largest absolute Gasteiger partial charge is 0.451 e. The van der Waals surface area contributed by atoms with Gasteiger partial charge in [-0.1, -0.05) is 48.5 Å². The van der Waals surface area contributed by atoms with Crippen molar-refractivity contribution in [2.24, 2.45) is 0 Å². The average molecular weight is 362 g/mol. The maximum Gasteiger partial charge on any atom is 0.289 e. The van der Waals surface area contributed by atoms with Gasteiger partial charge in [0.1, 0.15) is 5.58 Å². The molecule has 0 spiro atoms. The van der Waals surface area contributed by atoms with Crippen molar-refractivity contribution in [2.45, 2.75) is 25.3 Å². The molecule has 4 heteroatoms. The molecule has 0 unspecified atom stereocenters. The number of nitrogens with zero attached hydrogens (tertiary/aromatic N) is 2. The first-order valence-corrected chi connectivity index (χ1v) is 9.73. The topological polar surface area (TPSA) is 36.7 Å². The Labute approximate surface area is 160 Å². The Kier molecular flexibility index (Phi) is 5.26. The van der Waals surface area contributed by atoms with Crippen LogP contribution in [-0.2, 0) is 6.42 Å². The summed E-state index contributed by atoms with van der Waals surface area (Å²) in [5, 5.41) is 0.974. The van der Waals surface area contributed by atoms with Crippen LogP contribution in [0.25, 0.3) is 11.0 Å². The van der Waals surface area contributed by atoms with E-state index >= 15 is 0 Å². The van der Waals surface area contributed by atoms with Crippen molar-refractivity contribution in [3.05, 3.63) is 72.0 Å². The van der Waals surface area contributed by atoms with E-state index < -0.39 is 0 Å². The van der Waals surface area contributed by atoms with Gasteiger partial charge in [0, 0.05) is 31.6 Å². The number of carbonyl (C=O) groups is 1. The van der Waals surface area contributed by atoms with Crippen LogP contribution in [-0.4, -0.2) is 48.4 Å². The molecule has 0 radical (unpaired) electrons. The lowest BCUT2D eigenvalue weighted by Crippen LogP contribution is -2.48. The van der Waals surface area contributed by atoms with Crippen molar-refractivity contribution in [2.75, 3.05) is 26.7 Å². The summed E-state index contributed by atoms with van der Waals surface area (Å²) in [6.07, 6.45) is 3.22. The van der Waals surface area contributed by atoms with Crippen molar-refractivity contribution in [1.29, 1.82) is 0 Å². The van der Waals surface area contributed by atoms with Gasteiger partial charge in [0.2, 0.25) is 0 Å². The van der Waals surface area contributed by atoms with Gasteiger partial charge in [-0.2, -0.15) is 0 Å². The zero-order chi connectivity index (χ0) is 18.6. The van der Waals surface area contributed by atoms with E-state index in [1.807, 2.05) is 42.3 Å². The summed E-state index contributed by atoms with van der Waals surface area (Å²) in [4.78, 5) is 17.3. The molecule has 1 atom stereocenters. The molecule has 1 fully saturated rings. The molecule has 0 N–H and O–H groups in total. The molecule has 2 heterocycles. The van der Waals surface area contributed by atoms with Crippen molar-refractivity contribution in [3.8, 4) is 0 Å². The van der Waals surface area contributed by atoms with E-state index in [2.05, 4.69) is 35.2 Å². The number of piperidine rings is 1. The smallest absolute Gasteiger partial charge is 0.289 e. The lowest BCUT2D eigenvalue weighted by Gasteiger charge is -2.37. The monoisotopic (exact) mass is 362 g/mol. The zero-order valence-corrected chi connectivity index (χ0v) is 15.8. The molecular weight excluding hydrogens is 336 g/mol. The molecule has 3 aromatic rings. The second kappa shape index (κ2) is 7.97. The molecule has 4 rings (SSSR count). The van der Waals surface area contributed by atoms with Crippen LogP contribution in [0.2, 0.25) is 0 Å². The van der Waals surface area contributed by atoms with E-state index in [-0.39, 0.29) is 11.9 Å². The Morgan fingerprint density at radius 2 is 1.93 bits per heavy atom. The fourth-order valence-corrected chi connectivity index (χ4v) is 3.91. The number of likely N-dealkylation sites (N-methyl/N-ethyl adjacent to an activating group) is 1. The lowest BCUT2D eigenvalue weighted by atomic mass is 10.0. The first-order chi connectivity index (χ1) is 13.2. The highest BCUT2D eigenvalue weighted by Crippen LogP contribution is 2.22. The summed E-state index contributed by atoms with van der Waals surface area (Å²) in [6.45, 7) is 3.07. The highest BCUT2D eigenvalue weighted by atomic mass is 16.3. The van der Waals surface area contributed by atoms with E-state index in [0.29, 0.717) is 5.76 Å². The predicted molar refractivity (Wildman–Crippen MR) is 108 cm³/mol. The normalized spacial score (nSPS) is 17.9. The van der Waals surface area contributed by atoms with Gasteiger partial charge in [-0.05, 0) is 43.5 Å². The maximum absolute atomic E-state index is 12.9. The number of rotatable bonds is 5. The first-order valence-electron chi connectivity index (χ1n) is 9.73. The van der Waals surface area contributed by atoms with Gasteiger partial charge in [0.15, 0.2) is 5.76 Å². The molecule has 1 aliphatic rings. The minimum Gasteiger partial charge on any atom is -0.451 e. The van der Waals surface area contributed by atoms with E-state index in [1.165, 1.54) is 5.56 Å². The van der Waals surface area contributed by atoms with Gasteiger partial charge >= 0.3 is 0 Å². The second-order valence-corrected chi connectivity index (χ2v) is 7.40. The molecule has 0 aliphatic carbocycles. The van der Waals surface area contributed by atoms with Crippen LogP contribution in [0.5, 0.6) is 0 Å². The van der Waals surface area contributed by atoms with Gasteiger partial charge in [-0.3, -0.25) is 4.79 Å². The third kappa shape index (κ3) is 4.06. The first kappa shape index (κ1) is 17.8. The second-order valence-electron chi connectivity index (χ2n) is 7.40. The zero-order valence-electron chi connectivity index (χ0n) is 15.8. The molecule has 1 aliphatic heterocycles. The number of amides is 1. The fourth-order valence-electron chi connectivity index (χ4n) is 3.91. The Morgan fingerprint density at radius 3 is 2.74 bits per heavy atom. The Hall–Kier alpha value is -2.59. The summed E-state index contributed by atoms with van der Waals surface area (Å²) < 4.78 is 5.77. The third-order valence-corrected chi connectivity index (χ3v) is 5.54. The van der Waals surface area contributed by atoms with E-state index in [9.17, 15) is 4.79 Å². The summed E-state index contributed by atoms with van der Waals surface area (Å²) in [5.74, 6) is 0.404. The number of para-hydroxylation sites is 1. The number of hydrogen-bond acceptors (Lipinski definition) is 3.